The van der Waals surface area contributed by atoms with Crippen LogP contribution in [0.5, 0.6) is 0 Å². The third-order valence-electron chi connectivity index (χ3n) is 3.56. The first kappa shape index (κ1) is 17.0. The number of amides is 1. The van der Waals surface area contributed by atoms with Crippen molar-refractivity contribution in [2.45, 2.75) is 38.6 Å². The van der Waals surface area contributed by atoms with E-state index in [1.54, 1.807) is 6.08 Å². The monoisotopic (exact) mass is 381 g/mol. The molecule has 3 N–H and O–H groups in total. The van der Waals surface area contributed by atoms with Crippen molar-refractivity contribution in [1.82, 2.24) is 16.2 Å². The first-order chi connectivity index (χ1) is 10.5. The van der Waals surface area contributed by atoms with Gasteiger partial charge in [0.05, 0.1) is 0 Å². The lowest BCUT2D eigenvalue weighted by Crippen LogP contribution is -2.48. The van der Waals surface area contributed by atoms with Crippen molar-refractivity contribution in [2.75, 3.05) is 0 Å². The summed E-state index contributed by atoms with van der Waals surface area (Å²) in [4.78, 5) is 11.8. The Bertz CT molecular complexity index is 583. The molecule has 0 bridgehead atoms. The van der Waals surface area contributed by atoms with Crippen LogP contribution in [-0.4, -0.2) is 17.1 Å². The van der Waals surface area contributed by atoms with Crippen molar-refractivity contribution in [3.63, 3.8) is 0 Å². The lowest BCUT2D eigenvalue weighted by Gasteiger charge is -2.15. The highest BCUT2D eigenvalue weighted by molar-refractivity contribution is 9.10. The summed E-state index contributed by atoms with van der Waals surface area (Å²) in [6, 6.07) is 6.40. The second kappa shape index (κ2) is 8.29. The Morgan fingerprint density at radius 1 is 1.32 bits per heavy atom. The first-order valence-corrected chi connectivity index (χ1v) is 8.55. The molecule has 1 aromatic rings. The van der Waals surface area contributed by atoms with Crippen LogP contribution >= 0.6 is 28.1 Å². The molecular weight excluding hydrogens is 362 g/mol. The molecule has 0 radical (unpaired) electrons. The molecule has 1 amide bonds. The van der Waals surface area contributed by atoms with Crippen molar-refractivity contribution in [1.29, 1.82) is 0 Å². The van der Waals surface area contributed by atoms with Gasteiger partial charge in [-0.15, -0.1) is 0 Å². The number of hydrogen-bond donors (Lipinski definition) is 3. The molecule has 118 valence electrons. The van der Waals surface area contributed by atoms with Crippen molar-refractivity contribution >= 4 is 45.2 Å². The summed E-state index contributed by atoms with van der Waals surface area (Å²) in [7, 11) is 0. The van der Waals surface area contributed by atoms with Gasteiger partial charge in [-0.05, 0) is 55.3 Å². The predicted octanol–water partition coefficient (Wildman–Crippen LogP) is 3.21. The molecule has 1 aliphatic carbocycles. The highest BCUT2D eigenvalue weighted by atomic mass is 79.9. The summed E-state index contributed by atoms with van der Waals surface area (Å²) in [5.74, 6) is -0.247. The minimum Gasteiger partial charge on any atom is -0.359 e. The predicted molar refractivity (Wildman–Crippen MR) is 97.2 cm³/mol. The standard InChI is InChI=1S/C16H20BrN3OS/c1-11-6-7-12(14(17)10-11)8-9-15(21)19-20-16(22)18-13-4-2-3-5-13/h6-10,13H,2-5H2,1H3,(H,19,21)(H2,18,20,22)/b9-8+. The van der Waals surface area contributed by atoms with E-state index in [1.807, 2.05) is 25.1 Å². The van der Waals surface area contributed by atoms with E-state index in [0.29, 0.717) is 11.2 Å². The number of carbonyl (C=O) groups excluding carboxylic acids is 1. The zero-order chi connectivity index (χ0) is 15.9. The molecule has 1 saturated carbocycles. The van der Waals surface area contributed by atoms with Gasteiger partial charge in [-0.2, -0.15) is 0 Å². The number of halogens is 1. The van der Waals surface area contributed by atoms with Gasteiger partial charge in [0.1, 0.15) is 0 Å². The second-order valence-corrected chi connectivity index (χ2v) is 6.69. The van der Waals surface area contributed by atoms with Gasteiger partial charge in [0.15, 0.2) is 5.11 Å². The fourth-order valence-corrected chi connectivity index (χ4v) is 3.23. The summed E-state index contributed by atoms with van der Waals surface area (Å²) in [6.07, 6.45) is 7.98. The maximum Gasteiger partial charge on any atom is 0.262 e. The van der Waals surface area contributed by atoms with E-state index >= 15 is 0 Å². The third-order valence-corrected chi connectivity index (χ3v) is 4.47. The molecule has 0 unspecified atom stereocenters. The second-order valence-electron chi connectivity index (χ2n) is 5.43. The van der Waals surface area contributed by atoms with Crippen LogP contribution in [0.2, 0.25) is 0 Å². The molecular formula is C16H20BrN3OS. The molecule has 1 aliphatic rings. The Labute approximate surface area is 144 Å². The summed E-state index contributed by atoms with van der Waals surface area (Å²) in [5, 5.41) is 3.66. The van der Waals surface area contributed by atoms with E-state index in [2.05, 4.69) is 32.1 Å². The van der Waals surface area contributed by atoms with E-state index in [4.69, 9.17) is 12.2 Å². The molecule has 0 atom stereocenters. The molecule has 4 nitrogen and oxygen atoms in total. The Kier molecular flexibility index (Phi) is 6.39. The van der Waals surface area contributed by atoms with E-state index in [1.165, 1.54) is 24.5 Å². The van der Waals surface area contributed by atoms with Gasteiger partial charge in [0, 0.05) is 16.6 Å². The molecule has 6 heteroatoms. The van der Waals surface area contributed by atoms with Gasteiger partial charge in [-0.1, -0.05) is 40.9 Å². The number of thiocarbonyl (C=S) groups is 1. The van der Waals surface area contributed by atoms with Crippen LogP contribution in [0.1, 0.15) is 36.8 Å². The van der Waals surface area contributed by atoms with Crippen molar-refractivity contribution in [3.8, 4) is 0 Å². The van der Waals surface area contributed by atoms with Gasteiger partial charge in [-0.3, -0.25) is 15.6 Å². The number of hydrogen-bond acceptors (Lipinski definition) is 2. The topological polar surface area (TPSA) is 53.2 Å². The average Bonchev–Trinajstić information content (AvgIpc) is 2.97. The third kappa shape index (κ3) is 5.42. The molecule has 1 fully saturated rings. The highest BCUT2D eigenvalue weighted by Crippen LogP contribution is 2.19. The van der Waals surface area contributed by atoms with Crippen LogP contribution in [0.4, 0.5) is 0 Å². The molecule has 0 spiro atoms. The number of benzene rings is 1. The molecule has 1 aromatic carbocycles. The minimum atomic E-state index is -0.247. The highest BCUT2D eigenvalue weighted by Gasteiger charge is 2.15. The van der Waals surface area contributed by atoms with E-state index < -0.39 is 0 Å². The Hall–Kier alpha value is -1.40. The minimum absolute atomic E-state index is 0.247. The van der Waals surface area contributed by atoms with Crippen LogP contribution in [0.25, 0.3) is 6.08 Å². The molecule has 0 saturated heterocycles. The zero-order valence-corrected chi connectivity index (χ0v) is 14.9. The normalized spacial score (nSPS) is 15.0. The van der Waals surface area contributed by atoms with Gasteiger partial charge >= 0.3 is 0 Å². The van der Waals surface area contributed by atoms with E-state index in [9.17, 15) is 4.79 Å². The quantitative estimate of drug-likeness (QED) is 0.427. The van der Waals surface area contributed by atoms with E-state index in [-0.39, 0.29) is 5.91 Å². The van der Waals surface area contributed by atoms with Gasteiger partial charge in [0.25, 0.3) is 5.91 Å². The van der Waals surface area contributed by atoms with Gasteiger partial charge in [-0.25, -0.2) is 0 Å². The number of nitrogens with one attached hydrogen (secondary N) is 3. The van der Waals surface area contributed by atoms with Crippen molar-refractivity contribution in [3.05, 3.63) is 39.9 Å². The number of rotatable bonds is 3. The van der Waals surface area contributed by atoms with Gasteiger partial charge < -0.3 is 5.32 Å². The lowest BCUT2D eigenvalue weighted by molar-refractivity contribution is -0.116. The first-order valence-electron chi connectivity index (χ1n) is 7.35. The fourth-order valence-electron chi connectivity index (χ4n) is 2.38. The lowest BCUT2D eigenvalue weighted by atomic mass is 10.1. The molecule has 0 aromatic heterocycles. The van der Waals surface area contributed by atoms with Crippen molar-refractivity contribution < 1.29 is 4.79 Å². The maximum atomic E-state index is 11.8. The Morgan fingerprint density at radius 2 is 2.05 bits per heavy atom. The summed E-state index contributed by atoms with van der Waals surface area (Å²) >= 11 is 8.63. The Balaban J connectivity index is 1.77. The fraction of sp³-hybridized carbons (Fsp3) is 0.375. The van der Waals surface area contributed by atoms with E-state index in [0.717, 1.165) is 22.9 Å². The Morgan fingerprint density at radius 3 is 2.73 bits per heavy atom. The summed E-state index contributed by atoms with van der Waals surface area (Å²) in [6.45, 7) is 2.02. The average molecular weight is 382 g/mol. The zero-order valence-electron chi connectivity index (χ0n) is 12.5. The summed E-state index contributed by atoms with van der Waals surface area (Å²) in [5.41, 5.74) is 7.41. The van der Waals surface area contributed by atoms with Crippen LogP contribution in [0.3, 0.4) is 0 Å². The van der Waals surface area contributed by atoms with Crippen LogP contribution in [0.15, 0.2) is 28.7 Å². The van der Waals surface area contributed by atoms with Crippen LogP contribution in [0, 0.1) is 6.92 Å². The SMILES string of the molecule is Cc1ccc(/C=C/C(=O)NNC(=S)NC2CCCC2)c(Br)c1. The molecule has 0 heterocycles. The smallest absolute Gasteiger partial charge is 0.262 e. The van der Waals surface area contributed by atoms with Gasteiger partial charge in [0.2, 0.25) is 0 Å². The number of hydrazine groups is 1. The number of aryl methyl sites for hydroxylation is 1. The molecule has 0 aliphatic heterocycles. The molecule has 22 heavy (non-hydrogen) atoms. The maximum absolute atomic E-state index is 11.8. The summed E-state index contributed by atoms with van der Waals surface area (Å²) < 4.78 is 0.961. The largest absolute Gasteiger partial charge is 0.359 e. The number of carbonyl (C=O) groups is 1. The van der Waals surface area contributed by atoms with Crippen LogP contribution < -0.4 is 16.2 Å². The molecule has 2 rings (SSSR count). The van der Waals surface area contributed by atoms with Crippen LogP contribution in [-0.2, 0) is 4.79 Å². The van der Waals surface area contributed by atoms with Crippen molar-refractivity contribution in [2.24, 2.45) is 0 Å².